The summed E-state index contributed by atoms with van der Waals surface area (Å²) in [7, 11) is 1.89. The van der Waals surface area contributed by atoms with Crippen LogP contribution in [0.4, 0.5) is 4.79 Å². The van der Waals surface area contributed by atoms with Crippen LogP contribution in [-0.4, -0.2) is 57.6 Å². The van der Waals surface area contributed by atoms with E-state index in [0.717, 1.165) is 5.82 Å². The van der Waals surface area contributed by atoms with Crippen molar-refractivity contribution < 1.29 is 14.3 Å². The molecule has 1 fully saturated rings. The number of imidazole rings is 1. The zero-order valence-electron chi connectivity index (χ0n) is 11.2. The number of hydrogen-bond acceptors (Lipinski definition) is 4. The summed E-state index contributed by atoms with van der Waals surface area (Å²) in [5.74, 6) is 0.726. The molecule has 7 nitrogen and oxygen atoms in total. The highest BCUT2D eigenvalue weighted by molar-refractivity contribution is 5.82. The molecule has 0 aromatic carbocycles. The van der Waals surface area contributed by atoms with Gasteiger partial charge in [0, 0.05) is 26.0 Å². The summed E-state index contributed by atoms with van der Waals surface area (Å²) in [6.07, 6.45) is 3.12. The van der Waals surface area contributed by atoms with Gasteiger partial charge in [0.25, 0.3) is 0 Å². The maximum atomic E-state index is 12.2. The first-order valence-corrected chi connectivity index (χ1v) is 6.27. The molecule has 1 aromatic rings. The first-order valence-electron chi connectivity index (χ1n) is 6.27. The summed E-state index contributed by atoms with van der Waals surface area (Å²) in [6, 6.07) is 0. The Labute approximate surface area is 111 Å². The number of ether oxygens (including phenoxy) is 1. The minimum absolute atomic E-state index is 0.0666. The van der Waals surface area contributed by atoms with Crippen molar-refractivity contribution in [1.29, 1.82) is 0 Å². The molecular formula is C12H18N4O3. The molecule has 1 saturated heterocycles. The van der Waals surface area contributed by atoms with Crippen LogP contribution in [0.1, 0.15) is 12.7 Å². The lowest BCUT2D eigenvalue weighted by Gasteiger charge is -2.22. The quantitative estimate of drug-likeness (QED) is 0.764. The fraction of sp³-hybridized carbons (Fsp3) is 0.583. The second-order valence-corrected chi connectivity index (χ2v) is 4.40. The Bertz CT molecular complexity index is 471. The molecule has 0 unspecified atom stereocenters. The van der Waals surface area contributed by atoms with Gasteiger partial charge in [0.15, 0.2) is 0 Å². The van der Waals surface area contributed by atoms with Crippen molar-refractivity contribution in [2.45, 2.75) is 13.5 Å². The van der Waals surface area contributed by atoms with Gasteiger partial charge in [-0.25, -0.2) is 9.78 Å². The van der Waals surface area contributed by atoms with E-state index in [0.29, 0.717) is 26.2 Å². The summed E-state index contributed by atoms with van der Waals surface area (Å²) < 4.78 is 6.68. The van der Waals surface area contributed by atoms with Gasteiger partial charge in [-0.3, -0.25) is 9.69 Å². The van der Waals surface area contributed by atoms with Crippen molar-refractivity contribution in [3.05, 3.63) is 18.2 Å². The Morgan fingerprint density at radius 2 is 2.37 bits per heavy atom. The summed E-state index contributed by atoms with van der Waals surface area (Å²) in [5.41, 5.74) is 0. The summed E-state index contributed by atoms with van der Waals surface area (Å²) in [6.45, 7) is 3.83. The lowest BCUT2D eigenvalue weighted by molar-refractivity contribution is -0.132. The Balaban J connectivity index is 1.95. The Kier molecular flexibility index (Phi) is 4.03. The maximum Gasteiger partial charge on any atom is 0.410 e. The topological polar surface area (TPSA) is 67.7 Å². The van der Waals surface area contributed by atoms with Gasteiger partial charge in [-0.2, -0.15) is 0 Å². The van der Waals surface area contributed by atoms with Crippen LogP contribution in [0.2, 0.25) is 0 Å². The molecular weight excluding hydrogens is 248 g/mol. The van der Waals surface area contributed by atoms with Crippen molar-refractivity contribution in [2.75, 3.05) is 26.2 Å². The number of likely N-dealkylation sites (N-methyl/N-ethyl adjacent to an activating group) is 1. The van der Waals surface area contributed by atoms with Crippen LogP contribution in [0, 0.1) is 0 Å². The molecule has 0 aliphatic carbocycles. The Morgan fingerprint density at radius 3 is 2.89 bits per heavy atom. The second kappa shape index (κ2) is 5.73. The molecule has 0 spiro atoms. The molecule has 2 heterocycles. The van der Waals surface area contributed by atoms with E-state index >= 15 is 0 Å². The largest absolute Gasteiger partial charge is 0.448 e. The van der Waals surface area contributed by atoms with E-state index in [-0.39, 0.29) is 12.5 Å². The molecule has 0 atom stereocenters. The summed E-state index contributed by atoms with van der Waals surface area (Å²) in [4.78, 5) is 30.8. The van der Waals surface area contributed by atoms with Gasteiger partial charge in [-0.1, -0.05) is 0 Å². The lowest BCUT2D eigenvalue weighted by Crippen LogP contribution is -2.40. The standard InChI is InChI=1S/C12H18N4O3/c1-3-15(8-10-13-4-5-14(10)2)11(17)9-16-6-7-19-12(16)18/h4-5H,3,6-9H2,1-2H3. The van der Waals surface area contributed by atoms with Gasteiger partial charge in [0.1, 0.15) is 19.0 Å². The van der Waals surface area contributed by atoms with Crippen molar-refractivity contribution in [3.8, 4) is 0 Å². The number of hydrogen-bond donors (Lipinski definition) is 0. The second-order valence-electron chi connectivity index (χ2n) is 4.40. The van der Waals surface area contributed by atoms with Crippen molar-refractivity contribution >= 4 is 12.0 Å². The number of carbonyl (C=O) groups is 2. The molecule has 0 bridgehead atoms. The van der Waals surface area contributed by atoms with Crippen LogP contribution in [0.15, 0.2) is 12.4 Å². The third-order valence-corrected chi connectivity index (χ3v) is 3.16. The highest BCUT2D eigenvalue weighted by Crippen LogP contribution is 2.06. The first-order chi connectivity index (χ1) is 9.11. The van der Waals surface area contributed by atoms with Crippen LogP contribution in [-0.2, 0) is 23.1 Å². The first kappa shape index (κ1) is 13.4. The average Bonchev–Trinajstić information content (AvgIpc) is 2.96. The van der Waals surface area contributed by atoms with E-state index in [9.17, 15) is 9.59 Å². The minimum atomic E-state index is -0.415. The molecule has 1 aliphatic heterocycles. The highest BCUT2D eigenvalue weighted by Gasteiger charge is 2.26. The number of amides is 2. The van der Waals surface area contributed by atoms with E-state index in [1.165, 1.54) is 4.90 Å². The van der Waals surface area contributed by atoms with Gasteiger partial charge < -0.3 is 14.2 Å². The molecule has 2 rings (SSSR count). The van der Waals surface area contributed by atoms with Gasteiger partial charge in [0.2, 0.25) is 5.91 Å². The number of carbonyl (C=O) groups excluding carboxylic acids is 2. The molecule has 0 radical (unpaired) electrons. The van der Waals surface area contributed by atoms with E-state index in [1.807, 2.05) is 24.7 Å². The molecule has 19 heavy (non-hydrogen) atoms. The third kappa shape index (κ3) is 3.04. The molecule has 7 heteroatoms. The molecule has 0 saturated carbocycles. The number of rotatable bonds is 5. The van der Waals surface area contributed by atoms with Crippen LogP contribution in [0.3, 0.4) is 0 Å². The number of aromatic nitrogens is 2. The zero-order valence-corrected chi connectivity index (χ0v) is 11.2. The average molecular weight is 266 g/mol. The maximum absolute atomic E-state index is 12.2. The van der Waals surface area contributed by atoms with Gasteiger partial charge >= 0.3 is 6.09 Å². The lowest BCUT2D eigenvalue weighted by atomic mass is 10.4. The van der Waals surface area contributed by atoms with Crippen LogP contribution >= 0.6 is 0 Å². The Morgan fingerprint density at radius 1 is 1.58 bits per heavy atom. The van der Waals surface area contributed by atoms with Crippen molar-refractivity contribution in [1.82, 2.24) is 19.4 Å². The molecule has 0 N–H and O–H groups in total. The summed E-state index contributed by atoms with van der Waals surface area (Å²) in [5, 5.41) is 0. The molecule has 104 valence electrons. The third-order valence-electron chi connectivity index (χ3n) is 3.16. The molecule has 1 aromatic heterocycles. The SMILES string of the molecule is CCN(Cc1nccn1C)C(=O)CN1CCOC1=O. The number of aryl methyl sites for hydroxylation is 1. The molecule has 2 amide bonds. The van der Waals surface area contributed by atoms with E-state index in [4.69, 9.17) is 4.74 Å². The summed E-state index contributed by atoms with van der Waals surface area (Å²) >= 11 is 0. The smallest absolute Gasteiger partial charge is 0.410 e. The zero-order chi connectivity index (χ0) is 13.8. The molecule has 1 aliphatic rings. The van der Waals surface area contributed by atoms with Crippen LogP contribution in [0.5, 0.6) is 0 Å². The number of nitrogens with zero attached hydrogens (tertiary/aromatic N) is 4. The van der Waals surface area contributed by atoms with Crippen LogP contribution in [0.25, 0.3) is 0 Å². The fourth-order valence-electron chi connectivity index (χ4n) is 1.93. The number of cyclic esters (lactones) is 1. The highest BCUT2D eigenvalue weighted by atomic mass is 16.6. The van der Waals surface area contributed by atoms with Gasteiger partial charge in [-0.05, 0) is 6.92 Å². The van der Waals surface area contributed by atoms with E-state index in [1.54, 1.807) is 11.1 Å². The normalized spacial score (nSPS) is 14.6. The van der Waals surface area contributed by atoms with Crippen molar-refractivity contribution in [3.63, 3.8) is 0 Å². The van der Waals surface area contributed by atoms with Crippen molar-refractivity contribution in [2.24, 2.45) is 7.05 Å². The monoisotopic (exact) mass is 266 g/mol. The fourth-order valence-corrected chi connectivity index (χ4v) is 1.93. The van der Waals surface area contributed by atoms with E-state index in [2.05, 4.69) is 4.98 Å². The van der Waals surface area contributed by atoms with Crippen LogP contribution < -0.4 is 0 Å². The Hall–Kier alpha value is -2.05. The predicted molar refractivity (Wildman–Crippen MR) is 67.2 cm³/mol. The minimum Gasteiger partial charge on any atom is -0.448 e. The van der Waals surface area contributed by atoms with Gasteiger partial charge in [0.05, 0.1) is 13.1 Å². The van der Waals surface area contributed by atoms with E-state index < -0.39 is 6.09 Å². The van der Waals surface area contributed by atoms with Gasteiger partial charge in [-0.15, -0.1) is 0 Å². The predicted octanol–water partition coefficient (Wildman–Crippen LogP) is 0.221.